The van der Waals surface area contributed by atoms with Gasteiger partial charge in [0.2, 0.25) is 0 Å². The zero-order valence-corrected chi connectivity index (χ0v) is 13.0. The van der Waals surface area contributed by atoms with Crippen LogP contribution in [0.25, 0.3) is 0 Å². The van der Waals surface area contributed by atoms with Crippen LogP contribution in [0.1, 0.15) is 84.0 Å². The van der Waals surface area contributed by atoms with E-state index in [1.165, 1.54) is 70.6 Å². The zero-order valence-electron chi connectivity index (χ0n) is 13.0. The first-order valence-corrected chi connectivity index (χ1v) is 8.73. The van der Waals surface area contributed by atoms with E-state index >= 15 is 0 Å². The Hall–Kier alpha value is -0.0800. The lowest BCUT2D eigenvalue weighted by molar-refractivity contribution is 0.0697. The molecule has 0 aromatic rings. The van der Waals surface area contributed by atoms with E-state index in [1.807, 2.05) is 0 Å². The van der Waals surface area contributed by atoms with Gasteiger partial charge >= 0.3 is 0 Å². The molecule has 2 heteroatoms. The summed E-state index contributed by atoms with van der Waals surface area (Å²) in [4.78, 5) is 0. The van der Waals surface area contributed by atoms with Crippen LogP contribution in [0.3, 0.4) is 0 Å². The van der Waals surface area contributed by atoms with Crippen molar-refractivity contribution < 1.29 is 5.11 Å². The van der Waals surface area contributed by atoms with Crippen LogP contribution in [0.4, 0.5) is 0 Å². The lowest BCUT2D eigenvalue weighted by Crippen LogP contribution is -2.34. The average molecular weight is 269 g/mol. The molecular weight excluding hydrogens is 234 g/mol. The fraction of sp³-hybridized carbons (Fsp3) is 1.00. The van der Waals surface area contributed by atoms with Gasteiger partial charge in [-0.15, -0.1) is 0 Å². The summed E-state index contributed by atoms with van der Waals surface area (Å²) in [5.41, 5.74) is 0. The molecule has 0 aromatic heterocycles. The third-order valence-electron chi connectivity index (χ3n) is 4.48. The molecule has 0 aromatic carbocycles. The van der Waals surface area contributed by atoms with Crippen LogP contribution < -0.4 is 5.32 Å². The van der Waals surface area contributed by atoms with Gasteiger partial charge in [-0.2, -0.15) is 0 Å². The summed E-state index contributed by atoms with van der Waals surface area (Å²) >= 11 is 0. The van der Waals surface area contributed by atoms with Gasteiger partial charge in [0.25, 0.3) is 0 Å². The second kappa shape index (κ2) is 11.7. The highest BCUT2D eigenvalue weighted by atomic mass is 16.3. The third-order valence-corrected chi connectivity index (χ3v) is 4.48. The number of hydrogen-bond donors (Lipinski definition) is 2. The van der Waals surface area contributed by atoms with Crippen molar-refractivity contribution in [3.63, 3.8) is 0 Å². The fourth-order valence-corrected chi connectivity index (χ4v) is 3.10. The molecule has 0 bridgehead atoms. The average Bonchev–Trinajstić information content (AvgIpc) is 2.43. The molecule has 1 fully saturated rings. The molecule has 1 saturated carbocycles. The second-order valence-electron chi connectivity index (χ2n) is 6.29. The van der Waals surface area contributed by atoms with Crippen molar-refractivity contribution in [2.24, 2.45) is 5.92 Å². The molecule has 114 valence electrons. The van der Waals surface area contributed by atoms with Crippen molar-refractivity contribution in [3.05, 3.63) is 0 Å². The SMILES string of the molecule is CCCCCCCCCCNCC1CCCCC1O. The maximum absolute atomic E-state index is 9.87. The predicted octanol–water partition coefficient (Wildman–Crippen LogP) is 4.27. The number of hydrogen-bond acceptors (Lipinski definition) is 2. The first-order valence-electron chi connectivity index (χ1n) is 8.73. The monoisotopic (exact) mass is 269 g/mol. The molecule has 2 unspecified atom stereocenters. The number of aliphatic hydroxyl groups excluding tert-OH is 1. The minimum Gasteiger partial charge on any atom is -0.393 e. The van der Waals surface area contributed by atoms with Crippen molar-refractivity contribution in [1.82, 2.24) is 5.32 Å². The molecule has 2 atom stereocenters. The van der Waals surface area contributed by atoms with Crippen LogP contribution in [-0.4, -0.2) is 24.3 Å². The van der Waals surface area contributed by atoms with Gasteiger partial charge in [0.15, 0.2) is 0 Å². The zero-order chi connectivity index (χ0) is 13.8. The smallest absolute Gasteiger partial charge is 0.0580 e. The first-order chi connectivity index (χ1) is 9.34. The van der Waals surface area contributed by atoms with Crippen LogP contribution in [0.2, 0.25) is 0 Å². The molecule has 0 heterocycles. The van der Waals surface area contributed by atoms with Gasteiger partial charge in [-0.1, -0.05) is 64.7 Å². The number of nitrogens with one attached hydrogen (secondary N) is 1. The van der Waals surface area contributed by atoms with E-state index in [-0.39, 0.29) is 6.10 Å². The third kappa shape index (κ3) is 8.65. The lowest BCUT2D eigenvalue weighted by atomic mass is 9.86. The molecule has 1 rings (SSSR count). The largest absolute Gasteiger partial charge is 0.393 e. The minimum atomic E-state index is -0.0418. The lowest BCUT2D eigenvalue weighted by Gasteiger charge is -2.27. The summed E-state index contributed by atoms with van der Waals surface area (Å²) < 4.78 is 0. The van der Waals surface area contributed by atoms with Gasteiger partial charge in [-0.05, 0) is 31.7 Å². The Morgan fingerprint density at radius 3 is 2.21 bits per heavy atom. The van der Waals surface area contributed by atoms with E-state index in [4.69, 9.17) is 0 Å². The van der Waals surface area contributed by atoms with Crippen LogP contribution in [0, 0.1) is 5.92 Å². The first kappa shape index (κ1) is 17.0. The number of rotatable bonds is 11. The Labute approximate surface area is 120 Å². The second-order valence-corrected chi connectivity index (χ2v) is 6.29. The van der Waals surface area contributed by atoms with Gasteiger partial charge in [0.1, 0.15) is 0 Å². The van der Waals surface area contributed by atoms with Crippen molar-refractivity contribution in [2.45, 2.75) is 90.1 Å². The Morgan fingerprint density at radius 1 is 0.895 bits per heavy atom. The van der Waals surface area contributed by atoms with E-state index in [0.717, 1.165) is 19.5 Å². The summed E-state index contributed by atoms with van der Waals surface area (Å²) in [7, 11) is 0. The van der Waals surface area contributed by atoms with Gasteiger partial charge in [0, 0.05) is 6.54 Å². The molecule has 0 saturated heterocycles. The van der Waals surface area contributed by atoms with E-state index in [9.17, 15) is 5.11 Å². The van der Waals surface area contributed by atoms with E-state index in [0.29, 0.717) is 5.92 Å². The van der Waals surface area contributed by atoms with Gasteiger partial charge in [-0.3, -0.25) is 0 Å². The molecule has 1 aliphatic carbocycles. The van der Waals surface area contributed by atoms with Crippen molar-refractivity contribution in [3.8, 4) is 0 Å². The van der Waals surface area contributed by atoms with Gasteiger partial charge < -0.3 is 10.4 Å². The fourth-order valence-electron chi connectivity index (χ4n) is 3.10. The summed E-state index contributed by atoms with van der Waals surface area (Å²) in [5, 5.41) is 13.4. The minimum absolute atomic E-state index is 0.0418. The van der Waals surface area contributed by atoms with Crippen LogP contribution >= 0.6 is 0 Å². The summed E-state index contributed by atoms with van der Waals surface area (Å²) in [5.74, 6) is 0.516. The number of aliphatic hydroxyl groups is 1. The molecule has 0 radical (unpaired) electrons. The van der Waals surface area contributed by atoms with E-state index in [2.05, 4.69) is 12.2 Å². The maximum Gasteiger partial charge on any atom is 0.0580 e. The maximum atomic E-state index is 9.87. The summed E-state index contributed by atoms with van der Waals surface area (Å²) in [6, 6.07) is 0. The van der Waals surface area contributed by atoms with Crippen molar-refractivity contribution >= 4 is 0 Å². The molecule has 0 amide bonds. The van der Waals surface area contributed by atoms with Crippen LogP contribution in [0.15, 0.2) is 0 Å². The Kier molecular flexibility index (Phi) is 10.5. The van der Waals surface area contributed by atoms with Crippen LogP contribution in [0.5, 0.6) is 0 Å². The highest BCUT2D eigenvalue weighted by molar-refractivity contribution is 4.76. The molecule has 0 aliphatic heterocycles. The topological polar surface area (TPSA) is 32.3 Å². The molecule has 2 N–H and O–H groups in total. The van der Waals surface area contributed by atoms with Crippen molar-refractivity contribution in [2.75, 3.05) is 13.1 Å². The molecule has 2 nitrogen and oxygen atoms in total. The standard InChI is InChI=1S/C17H35NO/c1-2-3-4-5-6-7-8-11-14-18-15-16-12-9-10-13-17(16)19/h16-19H,2-15H2,1H3. The van der Waals surface area contributed by atoms with E-state index < -0.39 is 0 Å². The Balaban J connectivity index is 1.80. The highest BCUT2D eigenvalue weighted by Crippen LogP contribution is 2.23. The Bertz CT molecular complexity index is 196. The number of unbranched alkanes of at least 4 members (excludes halogenated alkanes) is 7. The molecule has 1 aliphatic rings. The van der Waals surface area contributed by atoms with Crippen LogP contribution in [-0.2, 0) is 0 Å². The highest BCUT2D eigenvalue weighted by Gasteiger charge is 2.21. The summed E-state index contributed by atoms with van der Waals surface area (Å²) in [6.07, 6.45) is 15.8. The predicted molar refractivity (Wildman–Crippen MR) is 83.4 cm³/mol. The molecular formula is C17H35NO. The quantitative estimate of drug-likeness (QED) is 0.549. The normalized spacial score (nSPS) is 23.7. The molecule has 0 spiro atoms. The van der Waals surface area contributed by atoms with Gasteiger partial charge in [-0.25, -0.2) is 0 Å². The van der Waals surface area contributed by atoms with Gasteiger partial charge in [0.05, 0.1) is 6.10 Å². The molecule has 19 heavy (non-hydrogen) atoms. The van der Waals surface area contributed by atoms with E-state index in [1.54, 1.807) is 0 Å². The Morgan fingerprint density at radius 2 is 1.53 bits per heavy atom. The van der Waals surface area contributed by atoms with Crippen molar-refractivity contribution in [1.29, 1.82) is 0 Å². The summed E-state index contributed by atoms with van der Waals surface area (Å²) in [6.45, 7) is 4.44.